The van der Waals surface area contributed by atoms with Crippen molar-refractivity contribution in [1.82, 2.24) is 0 Å². The monoisotopic (exact) mass is 286 g/mol. The second-order valence-corrected chi connectivity index (χ2v) is 9.80. The number of hydrogen-bond donors (Lipinski definition) is 1. The van der Waals surface area contributed by atoms with Gasteiger partial charge in [0.15, 0.2) is 0 Å². The van der Waals surface area contributed by atoms with Crippen LogP contribution >= 0.6 is 0 Å². The zero-order chi connectivity index (χ0) is 14.6. The Kier molecular flexibility index (Phi) is 4.52. The fourth-order valence-electron chi connectivity index (χ4n) is 2.07. The molecule has 20 heavy (non-hydrogen) atoms. The summed E-state index contributed by atoms with van der Waals surface area (Å²) in [7, 11) is -1.70. The zero-order valence-corrected chi connectivity index (χ0v) is 12.8. The van der Waals surface area contributed by atoms with Crippen LogP contribution in [0.5, 0.6) is 0 Å². The molecule has 0 aliphatic rings. The van der Waals surface area contributed by atoms with Gasteiger partial charge in [0, 0.05) is 0 Å². The molecule has 2 rings (SSSR count). The Bertz CT molecular complexity index is 576. The van der Waals surface area contributed by atoms with Gasteiger partial charge in [-0.2, -0.15) is 0 Å². The van der Waals surface area contributed by atoms with E-state index in [2.05, 4.69) is 30.9 Å². The molecule has 1 atom stereocenters. The van der Waals surface area contributed by atoms with Crippen molar-refractivity contribution in [3.05, 3.63) is 77.8 Å². The van der Waals surface area contributed by atoms with E-state index in [1.54, 1.807) is 12.1 Å². The molecule has 0 saturated carbocycles. The molecule has 1 nitrogen and oxygen atoms in total. The van der Waals surface area contributed by atoms with Gasteiger partial charge >= 0.3 is 0 Å². The van der Waals surface area contributed by atoms with Crippen LogP contribution in [0.4, 0.5) is 4.39 Å². The highest BCUT2D eigenvalue weighted by atomic mass is 28.3. The molecule has 0 bridgehead atoms. The molecule has 1 unspecified atom stereocenters. The van der Waals surface area contributed by atoms with Crippen LogP contribution in [0.3, 0.4) is 0 Å². The van der Waals surface area contributed by atoms with Crippen molar-refractivity contribution in [2.45, 2.75) is 19.2 Å². The minimum Gasteiger partial charge on any atom is -0.384 e. The van der Waals surface area contributed by atoms with Gasteiger partial charge in [0.05, 0.1) is 6.10 Å². The molecule has 2 aromatic carbocycles. The average molecular weight is 286 g/mol. The Balaban J connectivity index is 2.14. The molecule has 1 N–H and O–H groups in total. The molecular formula is C17H19FOSi. The standard InChI is InChI=1S/C17H19FOSi/c1-20(2,16-6-4-3-5-7-16)13-12-17(19)14-8-10-15(18)11-9-14/h3-13,17,19H,1-2H3/b13-12+. The normalized spacial score (nSPS) is 13.6. The van der Waals surface area contributed by atoms with E-state index in [0.717, 1.165) is 0 Å². The van der Waals surface area contributed by atoms with E-state index in [1.807, 2.05) is 24.3 Å². The maximum absolute atomic E-state index is 12.9. The number of halogens is 1. The summed E-state index contributed by atoms with van der Waals surface area (Å²) in [5, 5.41) is 11.5. The molecule has 0 heterocycles. The van der Waals surface area contributed by atoms with Crippen LogP contribution in [0, 0.1) is 5.82 Å². The largest absolute Gasteiger partial charge is 0.384 e. The summed E-state index contributed by atoms with van der Waals surface area (Å²) in [6.45, 7) is 4.46. The molecule has 0 radical (unpaired) electrons. The van der Waals surface area contributed by atoms with Gasteiger partial charge in [-0.15, -0.1) is 0 Å². The van der Waals surface area contributed by atoms with E-state index in [0.29, 0.717) is 5.56 Å². The van der Waals surface area contributed by atoms with Crippen molar-refractivity contribution < 1.29 is 9.50 Å². The van der Waals surface area contributed by atoms with Gasteiger partial charge in [-0.1, -0.05) is 72.5 Å². The Morgan fingerprint density at radius 2 is 1.60 bits per heavy atom. The van der Waals surface area contributed by atoms with E-state index in [-0.39, 0.29) is 5.82 Å². The number of aliphatic hydroxyl groups is 1. The van der Waals surface area contributed by atoms with E-state index in [4.69, 9.17) is 0 Å². The molecule has 0 aliphatic heterocycles. The second-order valence-electron chi connectivity index (χ2n) is 5.44. The maximum Gasteiger partial charge on any atom is 0.123 e. The van der Waals surface area contributed by atoms with Gasteiger partial charge < -0.3 is 5.11 Å². The molecule has 0 amide bonds. The summed E-state index contributed by atoms with van der Waals surface area (Å²) in [6.07, 6.45) is 1.12. The second kappa shape index (κ2) is 6.16. The number of rotatable bonds is 4. The third-order valence-electron chi connectivity index (χ3n) is 3.42. The Morgan fingerprint density at radius 1 is 1.00 bits per heavy atom. The molecular weight excluding hydrogens is 267 g/mol. The van der Waals surface area contributed by atoms with Crippen molar-refractivity contribution in [2.75, 3.05) is 0 Å². The van der Waals surface area contributed by atoms with Gasteiger partial charge in [-0.3, -0.25) is 0 Å². The third-order valence-corrected chi connectivity index (χ3v) is 6.27. The molecule has 0 fully saturated rings. The van der Waals surface area contributed by atoms with Gasteiger partial charge in [0.2, 0.25) is 0 Å². The average Bonchev–Trinajstić information content (AvgIpc) is 2.46. The zero-order valence-electron chi connectivity index (χ0n) is 11.8. The minimum atomic E-state index is -1.70. The maximum atomic E-state index is 12.9. The highest BCUT2D eigenvalue weighted by Crippen LogP contribution is 2.16. The summed E-state index contributed by atoms with van der Waals surface area (Å²) in [6, 6.07) is 16.3. The first-order valence-electron chi connectivity index (χ1n) is 6.67. The Hall–Kier alpha value is -1.71. The van der Waals surface area contributed by atoms with E-state index >= 15 is 0 Å². The lowest BCUT2D eigenvalue weighted by molar-refractivity contribution is 0.228. The molecule has 0 aromatic heterocycles. The fourth-order valence-corrected chi connectivity index (χ4v) is 3.97. The first-order chi connectivity index (χ1) is 9.49. The molecule has 0 spiro atoms. The van der Waals surface area contributed by atoms with Crippen molar-refractivity contribution in [1.29, 1.82) is 0 Å². The topological polar surface area (TPSA) is 20.2 Å². The lowest BCUT2D eigenvalue weighted by Gasteiger charge is -2.19. The van der Waals surface area contributed by atoms with Gasteiger partial charge in [-0.05, 0) is 17.7 Å². The Labute approximate surface area is 120 Å². The molecule has 2 aromatic rings. The van der Waals surface area contributed by atoms with Crippen molar-refractivity contribution in [3.8, 4) is 0 Å². The van der Waals surface area contributed by atoms with E-state index in [1.165, 1.54) is 17.3 Å². The quantitative estimate of drug-likeness (QED) is 0.852. The van der Waals surface area contributed by atoms with E-state index in [9.17, 15) is 9.50 Å². The highest BCUT2D eigenvalue weighted by Gasteiger charge is 2.19. The first kappa shape index (κ1) is 14.7. The van der Waals surface area contributed by atoms with Crippen LogP contribution < -0.4 is 5.19 Å². The summed E-state index contributed by atoms with van der Waals surface area (Å²) in [5.41, 5.74) is 2.83. The SMILES string of the molecule is C[Si](C)(/C=C/C(O)c1ccc(F)cc1)c1ccccc1. The van der Waals surface area contributed by atoms with Crippen LogP contribution in [0.2, 0.25) is 13.1 Å². The Morgan fingerprint density at radius 3 is 2.20 bits per heavy atom. The van der Waals surface area contributed by atoms with E-state index < -0.39 is 14.2 Å². The smallest absolute Gasteiger partial charge is 0.123 e. The van der Waals surface area contributed by atoms with Crippen LogP contribution in [0.1, 0.15) is 11.7 Å². The molecule has 3 heteroatoms. The van der Waals surface area contributed by atoms with Crippen LogP contribution in [-0.4, -0.2) is 13.2 Å². The number of benzene rings is 2. The van der Waals surface area contributed by atoms with Gasteiger partial charge in [-0.25, -0.2) is 4.39 Å². The summed E-state index contributed by atoms with van der Waals surface area (Å²) in [5.74, 6) is -0.288. The molecule has 0 aliphatic carbocycles. The van der Waals surface area contributed by atoms with Crippen LogP contribution in [-0.2, 0) is 0 Å². The van der Waals surface area contributed by atoms with Crippen molar-refractivity contribution >= 4 is 13.3 Å². The lowest BCUT2D eigenvalue weighted by Crippen LogP contribution is -2.39. The van der Waals surface area contributed by atoms with Gasteiger partial charge in [0.25, 0.3) is 0 Å². The molecule has 0 saturated heterocycles. The number of hydrogen-bond acceptors (Lipinski definition) is 1. The lowest BCUT2D eigenvalue weighted by atomic mass is 10.1. The highest BCUT2D eigenvalue weighted by molar-refractivity contribution is 6.93. The summed E-state index contributed by atoms with van der Waals surface area (Å²) < 4.78 is 12.9. The fraction of sp³-hybridized carbons (Fsp3) is 0.176. The third kappa shape index (κ3) is 3.65. The predicted molar refractivity (Wildman–Crippen MR) is 84.1 cm³/mol. The summed E-state index contributed by atoms with van der Waals surface area (Å²) >= 11 is 0. The van der Waals surface area contributed by atoms with Crippen molar-refractivity contribution in [2.24, 2.45) is 0 Å². The predicted octanol–water partition coefficient (Wildman–Crippen LogP) is 3.57. The van der Waals surface area contributed by atoms with Gasteiger partial charge in [0.1, 0.15) is 13.9 Å². The van der Waals surface area contributed by atoms with Crippen LogP contribution in [0.15, 0.2) is 66.4 Å². The minimum absolute atomic E-state index is 0.288. The molecule has 104 valence electrons. The summed E-state index contributed by atoms with van der Waals surface area (Å²) in [4.78, 5) is 0. The van der Waals surface area contributed by atoms with Crippen molar-refractivity contribution in [3.63, 3.8) is 0 Å². The van der Waals surface area contributed by atoms with Crippen LogP contribution in [0.25, 0.3) is 0 Å². The first-order valence-corrected chi connectivity index (χ1v) is 9.75. The number of aliphatic hydroxyl groups excluding tert-OH is 1.